The number of para-hydroxylation sites is 2. The van der Waals surface area contributed by atoms with E-state index >= 15 is 0 Å². The van der Waals surface area contributed by atoms with Gasteiger partial charge in [0.25, 0.3) is 11.4 Å². The van der Waals surface area contributed by atoms with E-state index in [9.17, 15) is 20.2 Å². The van der Waals surface area contributed by atoms with Crippen LogP contribution in [0.25, 0.3) is 0 Å². The van der Waals surface area contributed by atoms with Gasteiger partial charge in [-0.2, -0.15) is 0 Å². The highest BCUT2D eigenvalue weighted by molar-refractivity contribution is 5.88. The summed E-state index contributed by atoms with van der Waals surface area (Å²) in [6.45, 7) is 0. The first-order chi connectivity index (χ1) is 19.7. The van der Waals surface area contributed by atoms with Gasteiger partial charge in [-0.15, -0.1) is 0 Å². The van der Waals surface area contributed by atoms with Crippen molar-refractivity contribution in [1.82, 2.24) is 0 Å². The summed E-state index contributed by atoms with van der Waals surface area (Å²) in [7, 11) is 6.83. The summed E-state index contributed by atoms with van der Waals surface area (Å²) in [5.74, 6) is 0.721. The Bertz CT molecular complexity index is 1540. The van der Waals surface area contributed by atoms with Crippen molar-refractivity contribution in [2.75, 3.05) is 33.2 Å². The number of nitro benzene ring substituents is 2. The monoisotopic (exact) mass is 555 g/mol. The van der Waals surface area contributed by atoms with Gasteiger partial charge in [0.15, 0.2) is 11.5 Å². The standard InChI is InChI=1S/C15H15N3O2.C15H14N2O4/c1-17(2)14-9-7-13(8-10-14)16-11-12-5-3-4-6-15(12)18(19)20;1-20-14-8-11(10-16-12-6-4-3-5-7-12)13(17(18)19)9-15(14)21-2/h3-11H,1-2H3;3-10H,1-2H3. The van der Waals surface area contributed by atoms with Gasteiger partial charge in [-0.3, -0.25) is 30.2 Å². The number of ether oxygens (including phenoxy) is 2. The summed E-state index contributed by atoms with van der Waals surface area (Å²) in [6.07, 6.45) is 2.96. The van der Waals surface area contributed by atoms with Crippen LogP contribution in [0.1, 0.15) is 11.1 Å². The van der Waals surface area contributed by atoms with Gasteiger partial charge >= 0.3 is 0 Å². The second-order valence-electron chi connectivity index (χ2n) is 8.60. The van der Waals surface area contributed by atoms with Crippen molar-refractivity contribution in [2.45, 2.75) is 0 Å². The molecule has 4 aromatic carbocycles. The minimum atomic E-state index is -0.478. The zero-order valence-electron chi connectivity index (χ0n) is 23.0. The summed E-state index contributed by atoms with van der Waals surface area (Å²) >= 11 is 0. The van der Waals surface area contributed by atoms with Crippen LogP contribution in [0.3, 0.4) is 0 Å². The maximum atomic E-state index is 11.1. The van der Waals surface area contributed by atoms with Crippen LogP contribution in [0, 0.1) is 20.2 Å². The van der Waals surface area contributed by atoms with Crippen molar-refractivity contribution < 1.29 is 19.3 Å². The van der Waals surface area contributed by atoms with Crippen molar-refractivity contribution in [3.8, 4) is 11.5 Å². The highest BCUT2D eigenvalue weighted by atomic mass is 16.6. The number of anilines is 1. The van der Waals surface area contributed by atoms with Crippen molar-refractivity contribution >= 4 is 40.9 Å². The Labute approximate surface area is 237 Å². The fraction of sp³-hybridized carbons (Fsp3) is 0.133. The number of methoxy groups -OCH3 is 2. The fourth-order valence-electron chi connectivity index (χ4n) is 3.55. The van der Waals surface area contributed by atoms with Crippen molar-refractivity contribution in [3.05, 3.63) is 122 Å². The molecule has 0 spiro atoms. The largest absolute Gasteiger partial charge is 0.493 e. The average molecular weight is 556 g/mol. The van der Waals surface area contributed by atoms with Crippen molar-refractivity contribution in [1.29, 1.82) is 0 Å². The lowest BCUT2D eigenvalue weighted by Gasteiger charge is -2.11. The van der Waals surface area contributed by atoms with E-state index in [-0.39, 0.29) is 11.4 Å². The number of rotatable bonds is 9. The van der Waals surface area contributed by atoms with Gasteiger partial charge in [0.05, 0.1) is 52.6 Å². The number of hydrogen-bond donors (Lipinski definition) is 0. The van der Waals surface area contributed by atoms with Gasteiger partial charge in [0.2, 0.25) is 0 Å². The van der Waals surface area contributed by atoms with Crippen molar-refractivity contribution in [2.24, 2.45) is 9.98 Å². The van der Waals surface area contributed by atoms with E-state index in [0.717, 1.165) is 11.4 Å². The topological polar surface area (TPSA) is 133 Å². The van der Waals surface area contributed by atoms with Crippen LogP contribution in [0.15, 0.2) is 101 Å². The Morgan fingerprint density at radius 2 is 1.17 bits per heavy atom. The summed E-state index contributed by atoms with van der Waals surface area (Å²) in [5.41, 5.74) is 3.36. The van der Waals surface area contributed by atoms with Crippen LogP contribution in [0.4, 0.5) is 28.4 Å². The minimum Gasteiger partial charge on any atom is -0.493 e. The maximum Gasteiger partial charge on any atom is 0.282 e. The van der Waals surface area contributed by atoms with E-state index in [4.69, 9.17) is 9.47 Å². The highest BCUT2D eigenvalue weighted by Gasteiger charge is 2.18. The predicted octanol–water partition coefficient (Wildman–Crippen LogP) is 6.77. The van der Waals surface area contributed by atoms with Crippen LogP contribution >= 0.6 is 0 Å². The molecule has 0 atom stereocenters. The van der Waals surface area contributed by atoms with Crippen molar-refractivity contribution in [3.63, 3.8) is 0 Å². The molecule has 4 rings (SSSR count). The fourth-order valence-corrected chi connectivity index (χ4v) is 3.55. The van der Waals surface area contributed by atoms with E-state index in [1.807, 2.05) is 73.6 Å². The highest BCUT2D eigenvalue weighted by Crippen LogP contribution is 2.34. The first kappa shape index (κ1) is 30.0. The summed E-state index contributed by atoms with van der Waals surface area (Å²) < 4.78 is 10.2. The smallest absolute Gasteiger partial charge is 0.282 e. The Kier molecular flexibility index (Phi) is 10.6. The Balaban J connectivity index is 0.000000226. The average Bonchev–Trinajstić information content (AvgIpc) is 2.99. The molecule has 11 heteroatoms. The van der Waals surface area contributed by atoms with Crippen LogP contribution in [0.5, 0.6) is 11.5 Å². The quantitative estimate of drug-likeness (QED) is 0.126. The number of nitro groups is 2. The summed E-state index contributed by atoms with van der Waals surface area (Å²) in [4.78, 5) is 31.6. The normalized spacial score (nSPS) is 10.6. The van der Waals surface area contributed by atoms with Gasteiger partial charge in [-0.05, 0) is 48.5 Å². The lowest BCUT2D eigenvalue weighted by Crippen LogP contribution is -2.07. The molecule has 0 saturated heterocycles. The molecular weight excluding hydrogens is 526 g/mol. The zero-order chi connectivity index (χ0) is 29.8. The van der Waals surface area contributed by atoms with Gasteiger partial charge in [-0.1, -0.05) is 30.3 Å². The molecule has 0 amide bonds. The second kappa shape index (κ2) is 14.5. The number of benzene rings is 4. The Hall–Kier alpha value is -5.58. The van der Waals surface area contributed by atoms with Crippen LogP contribution in [0.2, 0.25) is 0 Å². The summed E-state index contributed by atoms with van der Waals surface area (Å²) in [5, 5.41) is 22.0. The summed E-state index contributed by atoms with van der Waals surface area (Å²) in [6, 6.07) is 26.2. The van der Waals surface area contributed by atoms with E-state index in [2.05, 4.69) is 9.98 Å². The maximum absolute atomic E-state index is 11.1. The van der Waals surface area contributed by atoms with Gasteiger partial charge < -0.3 is 14.4 Å². The van der Waals surface area contributed by atoms with Crippen LogP contribution in [-0.2, 0) is 0 Å². The number of aliphatic imine (C=N–C) groups is 2. The molecule has 0 radical (unpaired) electrons. The minimum absolute atomic E-state index is 0.0566. The lowest BCUT2D eigenvalue weighted by atomic mass is 10.1. The second-order valence-corrected chi connectivity index (χ2v) is 8.60. The zero-order valence-corrected chi connectivity index (χ0v) is 23.0. The van der Waals surface area contributed by atoms with Gasteiger partial charge in [-0.25, -0.2) is 0 Å². The van der Waals surface area contributed by atoms with E-state index in [1.165, 1.54) is 44.8 Å². The molecule has 0 N–H and O–H groups in total. The lowest BCUT2D eigenvalue weighted by molar-refractivity contribution is -0.385. The molecule has 11 nitrogen and oxygen atoms in total. The van der Waals surface area contributed by atoms with E-state index < -0.39 is 9.85 Å². The van der Waals surface area contributed by atoms with Gasteiger partial charge in [0, 0.05) is 38.3 Å². The SMILES string of the molecule is CN(C)c1ccc(N=Cc2ccccc2[N+](=O)[O-])cc1.COc1cc(C=Nc2ccccc2)c([N+](=O)[O-])cc1OC. The van der Waals surface area contributed by atoms with Crippen LogP contribution < -0.4 is 14.4 Å². The molecule has 0 aromatic heterocycles. The number of nitrogens with zero attached hydrogens (tertiary/aromatic N) is 5. The Morgan fingerprint density at radius 1 is 0.659 bits per heavy atom. The third-order valence-electron chi connectivity index (χ3n) is 5.69. The third-order valence-corrected chi connectivity index (χ3v) is 5.69. The molecule has 0 unspecified atom stereocenters. The third kappa shape index (κ3) is 8.45. The van der Waals surface area contributed by atoms with Gasteiger partial charge in [0.1, 0.15) is 0 Å². The molecule has 0 bridgehead atoms. The first-order valence-electron chi connectivity index (χ1n) is 12.3. The molecule has 0 heterocycles. The van der Waals surface area contributed by atoms with E-state index in [1.54, 1.807) is 18.2 Å². The van der Waals surface area contributed by atoms with E-state index in [0.29, 0.717) is 28.3 Å². The van der Waals surface area contributed by atoms with Crippen LogP contribution in [-0.4, -0.2) is 50.6 Å². The molecule has 0 aliphatic rings. The molecule has 210 valence electrons. The molecular formula is C30H29N5O6. The first-order valence-corrected chi connectivity index (χ1v) is 12.3. The molecule has 0 aliphatic carbocycles. The molecule has 4 aromatic rings. The molecule has 0 fully saturated rings. The predicted molar refractivity (Wildman–Crippen MR) is 161 cm³/mol. The molecule has 41 heavy (non-hydrogen) atoms. The molecule has 0 aliphatic heterocycles. The molecule has 0 saturated carbocycles. The number of hydrogen-bond acceptors (Lipinski definition) is 9. The Morgan fingerprint density at radius 3 is 1.73 bits per heavy atom.